The van der Waals surface area contributed by atoms with Gasteiger partial charge >= 0.3 is 0 Å². The van der Waals surface area contributed by atoms with Crippen LogP contribution in [-0.2, 0) is 9.59 Å². The lowest BCUT2D eigenvalue weighted by Crippen LogP contribution is -2.32. The van der Waals surface area contributed by atoms with Crippen LogP contribution in [0.5, 0.6) is 0 Å². The molecule has 7 heteroatoms. The first-order chi connectivity index (χ1) is 12.4. The number of rotatable bonds is 4. The van der Waals surface area contributed by atoms with Gasteiger partial charge in [0.25, 0.3) is 0 Å². The highest BCUT2D eigenvalue weighted by Crippen LogP contribution is 2.18. The van der Waals surface area contributed by atoms with Crippen LogP contribution < -0.4 is 15.5 Å². The third-order valence-corrected chi connectivity index (χ3v) is 4.07. The van der Waals surface area contributed by atoms with E-state index in [0.717, 1.165) is 11.3 Å². The number of anilines is 2. The molecule has 0 saturated heterocycles. The van der Waals surface area contributed by atoms with Crippen molar-refractivity contribution in [2.45, 2.75) is 6.92 Å². The zero-order valence-corrected chi connectivity index (χ0v) is 15.9. The second-order valence-electron chi connectivity index (χ2n) is 5.43. The van der Waals surface area contributed by atoms with Crippen molar-refractivity contribution in [1.29, 1.82) is 0 Å². The Hall–Kier alpha value is -2.70. The number of halogens is 1. The second-order valence-corrected chi connectivity index (χ2v) is 6.24. The Kier molecular flexibility index (Phi) is 6.89. The van der Waals surface area contributed by atoms with Crippen molar-refractivity contribution in [3.8, 4) is 0 Å². The number of carbonyl (C=O) groups excluding carboxylic acids is 2. The summed E-state index contributed by atoms with van der Waals surface area (Å²) < 4.78 is 0. The van der Waals surface area contributed by atoms with Crippen LogP contribution in [0.15, 0.2) is 54.6 Å². The molecule has 0 fully saturated rings. The van der Waals surface area contributed by atoms with Crippen molar-refractivity contribution in [1.82, 2.24) is 5.32 Å². The Morgan fingerprint density at radius 3 is 2.58 bits per heavy atom. The summed E-state index contributed by atoms with van der Waals surface area (Å²) >= 11 is 11.2. The lowest BCUT2D eigenvalue weighted by Gasteiger charge is -2.16. The first-order valence-corrected chi connectivity index (χ1v) is 8.54. The van der Waals surface area contributed by atoms with Gasteiger partial charge in [0.05, 0.1) is 0 Å². The molecule has 0 unspecified atom stereocenters. The van der Waals surface area contributed by atoms with Crippen LogP contribution in [-0.4, -0.2) is 24.0 Å². The molecule has 2 amide bonds. The Balaban J connectivity index is 1.96. The van der Waals surface area contributed by atoms with Crippen LogP contribution >= 0.6 is 23.8 Å². The minimum Gasteiger partial charge on any atom is -0.332 e. The van der Waals surface area contributed by atoms with Crippen LogP contribution in [0, 0.1) is 0 Å². The van der Waals surface area contributed by atoms with E-state index < -0.39 is 0 Å². The Bertz CT molecular complexity index is 867. The molecular formula is C19H18ClN3O2S. The van der Waals surface area contributed by atoms with Gasteiger partial charge in [-0.15, -0.1) is 0 Å². The van der Waals surface area contributed by atoms with E-state index in [1.165, 1.54) is 17.9 Å². The number of carbonyl (C=O) groups is 2. The molecule has 0 aliphatic heterocycles. The minimum atomic E-state index is -0.376. The number of amides is 2. The van der Waals surface area contributed by atoms with Gasteiger partial charge in [-0.05, 0) is 48.1 Å². The van der Waals surface area contributed by atoms with Crippen LogP contribution in [0.3, 0.4) is 0 Å². The number of thiocarbonyl (C=S) groups is 1. The van der Waals surface area contributed by atoms with Crippen molar-refractivity contribution >= 4 is 58.2 Å². The van der Waals surface area contributed by atoms with Crippen LogP contribution in [0.2, 0.25) is 5.02 Å². The van der Waals surface area contributed by atoms with Crippen molar-refractivity contribution < 1.29 is 9.59 Å². The second kappa shape index (κ2) is 9.12. The van der Waals surface area contributed by atoms with E-state index in [1.54, 1.807) is 49.5 Å². The number of nitrogens with zero attached hydrogens (tertiary/aromatic N) is 1. The molecule has 0 bridgehead atoms. The van der Waals surface area contributed by atoms with Crippen molar-refractivity contribution in [3.05, 3.63) is 65.2 Å². The van der Waals surface area contributed by atoms with Crippen LogP contribution in [0.4, 0.5) is 11.4 Å². The minimum absolute atomic E-state index is 0.0808. The number of nitrogens with one attached hydrogen (secondary N) is 2. The molecule has 2 N–H and O–H groups in total. The molecular weight excluding hydrogens is 370 g/mol. The summed E-state index contributed by atoms with van der Waals surface area (Å²) in [6.07, 6.45) is 2.97. The molecule has 26 heavy (non-hydrogen) atoms. The molecule has 0 saturated carbocycles. The highest BCUT2D eigenvalue weighted by Gasteiger charge is 2.07. The molecule has 0 aromatic heterocycles. The van der Waals surface area contributed by atoms with Crippen molar-refractivity contribution in [2.24, 2.45) is 0 Å². The zero-order chi connectivity index (χ0) is 19.1. The summed E-state index contributed by atoms with van der Waals surface area (Å²) in [6, 6.07) is 14.3. The maximum Gasteiger partial charge on any atom is 0.250 e. The largest absolute Gasteiger partial charge is 0.332 e. The summed E-state index contributed by atoms with van der Waals surface area (Å²) in [5.41, 5.74) is 2.12. The third-order valence-electron chi connectivity index (χ3n) is 3.52. The van der Waals surface area contributed by atoms with Gasteiger partial charge < -0.3 is 10.2 Å². The van der Waals surface area contributed by atoms with E-state index in [0.29, 0.717) is 10.7 Å². The molecule has 5 nitrogen and oxygen atoms in total. The molecule has 0 radical (unpaired) electrons. The fourth-order valence-corrected chi connectivity index (χ4v) is 2.48. The zero-order valence-electron chi connectivity index (χ0n) is 14.3. The van der Waals surface area contributed by atoms with Gasteiger partial charge in [-0.1, -0.05) is 35.9 Å². The first-order valence-electron chi connectivity index (χ1n) is 7.76. The molecule has 2 aromatic carbocycles. The molecule has 0 aliphatic rings. The van der Waals surface area contributed by atoms with Gasteiger partial charge in [-0.3, -0.25) is 14.9 Å². The number of hydrogen-bond acceptors (Lipinski definition) is 3. The number of hydrogen-bond donors (Lipinski definition) is 2. The summed E-state index contributed by atoms with van der Waals surface area (Å²) in [7, 11) is 1.68. The van der Waals surface area contributed by atoms with E-state index in [2.05, 4.69) is 10.6 Å². The van der Waals surface area contributed by atoms with Gasteiger partial charge in [0.15, 0.2) is 5.11 Å². The first kappa shape index (κ1) is 19.6. The fourth-order valence-electron chi connectivity index (χ4n) is 2.07. The average Bonchev–Trinajstić information content (AvgIpc) is 2.60. The maximum absolute atomic E-state index is 12.0. The van der Waals surface area contributed by atoms with Gasteiger partial charge in [-0.2, -0.15) is 0 Å². The van der Waals surface area contributed by atoms with Gasteiger partial charge in [0, 0.05) is 36.4 Å². The Labute approximate surface area is 162 Å². The lowest BCUT2D eigenvalue weighted by molar-refractivity contribution is -0.116. The van der Waals surface area contributed by atoms with Gasteiger partial charge in [0.1, 0.15) is 0 Å². The van der Waals surface area contributed by atoms with E-state index in [-0.39, 0.29) is 16.9 Å². The van der Waals surface area contributed by atoms with E-state index in [9.17, 15) is 9.59 Å². The topological polar surface area (TPSA) is 61.4 Å². The predicted molar refractivity (Wildman–Crippen MR) is 110 cm³/mol. The normalized spacial score (nSPS) is 10.4. The molecule has 2 aromatic rings. The quantitative estimate of drug-likeness (QED) is 0.618. The molecule has 0 spiro atoms. The predicted octanol–water partition coefficient (Wildman–Crippen LogP) is 3.85. The highest BCUT2D eigenvalue weighted by molar-refractivity contribution is 7.80. The van der Waals surface area contributed by atoms with Crippen molar-refractivity contribution in [2.75, 3.05) is 17.3 Å². The smallest absolute Gasteiger partial charge is 0.250 e. The average molecular weight is 388 g/mol. The van der Waals surface area contributed by atoms with Crippen LogP contribution in [0.1, 0.15) is 12.5 Å². The fraction of sp³-hybridized carbons (Fsp3) is 0.105. The highest BCUT2D eigenvalue weighted by atomic mass is 35.5. The molecule has 0 aliphatic carbocycles. The van der Waals surface area contributed by atoms with Crippen molar-refractivity contribution in [3.63, 3.8) is 0 Å². The Morgan fingerprint density at radius 2 is 1.88 bits per heavy atom. The van der Waals surface area contributed by atoms with Crippen LogP contribution in [0.25, 0.3) is 6.08 Å². The summed E-state index contributed by atoms with van der Waals surface area (Å²) in [4.78, 5) is 24.9. The van der Waals surface area contributed by atoms with Gasteiger partial charge in [0.2, 0.25) is 11.8 Å². The Morgan fingerprint density at radius 1 is 1.15 bits per heavy atom. The third kappa shape index (κ3) is 5.68. The monoisotopic (exact) mass is 387 g/mol. The number of benzene rings is 2. The SMILES string of the molecule is CC(=O)N(C)c1cccc(NC(=S)NC(=O)/C=C/c2ccccc2Cl)c1. The van der Waals surface area contributed by atoms with E-state index in [4.69, 9.17) is 23.8 Å². The molecule has 0 atom stereocenters. The molecule has 134 valence electrons. The van der Waals surface area contributed by atoms with E-state index in [1.807, 2.05) is 12.1 Å². The summed E-state index contributed by atoms with van der Waals surface area (Å²) in [5, 5.41) is 6.19. The summed E-state index contributed by atoms with van der Waals surface area (Å²) in [6.45, 7) is 1.48. The van der Waals surface area contributed by atoms with E-state index >= 15 is 0 Å². The summed E-state index contributed by atoms with van der Waals surface area (Å²) in [5.74, 6) is -0.456. The van der Waals surface area contributed by atoms with Gasteiger partial charge in [-0.25, -0.2) is 0 Å². The lowest BCUT2D eigenvalue weighted by atomic mass is 10.2. The molecule has 2 rings (SSSR count). The molecule has 0 heterocycles. The standard InChI is InChI=1S/C19H18ClN3O2S/c1-13(24)23(2)16-8-5-7-15(12-16)21-19(26)22-18(25)11-10-14-6-3-4-9-17(14)20/h3-12H,1-2H3,(H2,21,22,25,26)/b11-10+. The maximum atomic E-state index is 12.0.